The minimum atomic E-state index is -3.88. The van der Waals surface area contributed by atoms with Gasteiger partial charge in [0.15, 0.2) is 9.84 Å². The summed E-state index contributed by atoms with van der Waals surface area (Å²) in [5.74, 6) is -1.87. The number of ether oxygens (including phenoxy) is 1. The van der Waals surface area contributed by atoms with E-state index in [0.29, 0.717) is 12.8 Å². The molecule has 9 heteroatoms. The van der Waals surface area contributed by atoms with E-state index in [1.807, 2.05) is 0 Å². The number of aromatic nitrogens is 2. The SMILES string of the molecule is COC(=O)c1noc(C(C2CCC(=O)C2)S(=O)(=O)c2ccccc2)n1. The number of ketones is 1. The van der Waals surface area contributed by atoms with Gasteiger partial charge < -0.3 is 9.26 Å². The number of methoxy groups -OCH3 is 1. The summed E-state index contributed by atoms with van der Waals surface area (Å²) in [5.41, 5.74) is 0. The zero-order valence-electron chi connectivity index (χ0n) is 13.4. The summed E-state index contributed by atoms with van der Waals surface area (Å²) >= 11 is 0. The van der Waals surface area contributed by atoms with E-state index in [4.69, 9.17) is 4.52 Å². The van der Waals surface area contributed by atoms with Crippen LogP contribution in [-0.2, 0) is 19.4 Å². The van der Waals surface area contributed by atoms with Crippen molar-refractivity contribution >= 4 is 21.6 Å². The van der Waals surface area contributed by atoms with E-state index in [1.54, 1.807) is 18.2 Å². The number of sulfone groups is 1. The number of rotatable bonds is 5. The topological polar surface area (TPSA) is 116 Å². The van der Waals surface area contributed by atoms with Gasteiger partial charge in [-0.1, -0.05) is 18.2 Å². The number of carbonyl (C=O) groups excluding carboxylic acids is 2. The van der Waals surface area contributed by atoms with Crippen LogP contribution in [-0.4, -0.2) is 37.4 Å². The number of esters is 1. The molecule has 0 spiro atoms. The number of benzene rings is 1. The van der Waals surface area contributed by atoms with Crippen molar-refractivity contribution in [3.63, 3.8) is 0 Å². The maximum absolute atomic E-state index is 13.1. The first kappa shape index (κ1) is 17.3. The highest BCUT2D eigenvalue weighted by atomic mass is 32.2. The molecule has 2 atom stereocenters. The molecule has 0 amide bonds. The van der Waals surface area contributed by atoms with Gasteiger partial charge in [0.25, 0.3) is 5.82 Å². The molecule has 1 saturated carbocycles. The fourth-order valence-electron chi connectivity index (χ4n) is 2.97. The largest absolute Gasteiger partial charge is 0.463 e. The Kier molecular flexibility index (Phi) is 4.67. The van der Waals surface area contributed by atoms with Crippen molar-refractivity contribution in [2.24, 2.45) is 5.92 Å². The van der Waals surface area contributed by atoms with Gasteiger partial charge in [-0.25, -0.2) is 13.2 Å². The molecule has 0 radical (unpaired) electrons. The molecule has 8 nitrogen and oxygen atoms in total. The maximum Gasteiger partial charge on any atom is 0.379 e. The Labute approximate surface area is 144 Å². The lowest BCUT2D eigenvalue weighted by atomic mass is 10.0. The number of Topliss-reactive ketones (excluding diaryl/α,β-unsaturated/α-hetero) is 1. The smallest absolute Gasteiger partial charge is 0.379 e. The Morgan fingerprint density at radius 2 is 2.04 bits per heavy atom. The first-order chi connectivity index (χ1) is 11.9. The summed E-state index contributed by atoms with van der Waals surface area (Å²) in [6.07, 6.45) is 0.835. The second kappa shape index (κ2) is 6.75. The molecule has 1 aromatic carbocycles. The van der Waals surface area contributed by atoms with Crippen LogP contribution in [0.15, 0.2) is 39.8 Å². The molecule has 1 aliphatic rings. The van der Waals surface area contributed by atoms with Crippen LogP contribution in [0.3, 0.4) is 0 Å². The van der Waals surface area contributed by atoms with Crippen LogP contribution >= 0.6 is 0 Å². The molecular formula is C16H16N2O6S. The molecule has 0 N–H and O–H groups in total. The van der Waals surface area contributed by atoms with Gasteiger partial charge in [0.1, 0.15) is 11.0 Å². The van der Waals surface area contributed by atoms with Crippen molar-refractivity contribution in [2.75, 3.05) is 7.11 Å². The molecule has 0 aliphatic heterocycles. The monoisotopic (exact) mass is 364 g/mol. The molecule has 1 heterocycles. The molecule has 1 fully saturated rings. The lowest BCUT2D eigenvalue weighted by molar-refractivity contribution is -0.117. The van der Waals surface area contributed by atoms with Crippen LogP contribution in [0.5, 0.6) is 0 Å². The molecule has 3 rings (SSSR count). The molecule has 1 aliphatic carbocycles. The van der Waals surface area contributed by atoms with E-state index in [9.17, 15) is 18.0 Å². The molecule has 2 unspecified atom stereocenters. The third-order valence-electron chi connectivity index (χ3n) is 4.17. The van der Waals surface area contributed by atoms with Gasteiger partial charge in [0, 0.05) is 12.8 Å². The average Bonchev–Trinajstić information content (AvgIpc) is 3.25. The number of hydrogen-bond donors (Lipinski definition) is 0. The third kappa shape index (κ3) is 3.32. The first-order valence-corrected chi connectivity index (χ1v) is 9.20. The first-order valence-electron chi connectivity index (χ1n) is 7.66. The van der Waals surface area contributed by atoms with Crippen molar-refractivity contribution in [3.05, 3.63) is 42.0 Å². The zero-order chi connectivity index (χ0) is 18.0. The van der Waals surface area contributed by atoms with Crippen molar-refractivity contribution in [3.8, 4) is 0 Å². The van der Waals surface area contributed by atoms with Crippen molar-refractivity contribution in [1.82, 2.24) is 10.1 Å². The maximum atomic E-state index is 13.1. The van der Waals surface area contributed by atoms with E-state index in [2.05, 4.69) is 14.9 Å². The van der Waals surface area contributed by atoms with Crippen LogP contribution in [0.4, 0.5) is 0 Å². The predicted molar refractivity (Wildman–Crippen MR) is 84.4 cm³/mol. The summed E-state index contributed by atoms with van der Waals surface area (Å²) in [4.78, 5) is 27.2. The van der Waals surface area contributed by atoms with Gasteiger partial charge >= 0.3 is 5.97 Å². The van der Waals surface area contributed by atoms with Crippen LogP contribution in [0.2, 0.25) is 0 Å². The summed E-state index contributed by atoms with van der Waals surface area (Å²) in [6, 6.07) is 7.86. The molecule has 1 aromatic heterocycles. The highest BCUT2D eigenvalue weighted by Gasteiger charge is 2.43. The summed E-state index contributed by atoms with van der Waals surface area (Å²) in [6.45, 7) is 0. The van der Waals surface area contributed by atoms with Crippen LogP contribution in [0, 0.1) is 5.92 Å². The quantitative estimate of drug-likeness (QED) is 0.737. The standard InChI is InChI=1S/C16H16N2O6S/c1-23-16(20)14-17-15(24-18-14)13(10-7-8-11(19)9-10)25(21,22)12-5-3-2-4-6-12/h2-6,10,13H,7-9H2,1H3. The minimum Gasteiger partial charge on any atom is -0.463 e. The molecule has 25 heavy (non-hydrogen) atoms. The molecular weight excluding hydrogens is 348 g/mol. The highest BCUT2D eigenvalue weighted by molar-refractivity contribution is 7.91. The van der Waals surface area contributed by atoms with Gasteiger partial charge in [0.05, 0.1) is 12.0 Å². The van der Waals surface area contributed by atoms with Crippen LogP contribution in [0.25, 0.3) is 0 Å². The van der Waals surface area contributed by atoms with E-state index in [-0.39, 0.29) is 28.8 Å². The second-order valence-corrected chi connectivity index (χ2v) is 7.84. The van der Waals surface area contributed by atoms with E-state index >= 15 is 0 Å². The van der Waals surface area contributed by atoms with Gasteiger partial charge in [0.2, 0.25) is 5.89 Å². The van der Waals surface area contributed by atoms with Crippen LogP contribution < -0.4 is 0 Å². The zero-order valence-corrected chi connectivity index (χ0v) is 14.2. The Balaban J connectivity index is 2.06. The van der Waals surface area contributed by atoms with Gasteiger partial charge in [-0.3, -0.25) is 4.79 Å². The molecule has 0 saturated heterocycles. The number of carbonyl (C=O) groups is 2. The van der Waals surface area contributed by atoms with E-state index in [1.165, 1.54) is 12.1 Å². The molecule has 132 valence electrons. The van der Waals surface area contributed by atoms with E-state index < -0.39 is 27.0 Å². The lowest BCUT2D eigenvalue weighted by Crippen LogP contribution is -2.22. The summed E-state index contributed by atoms with van der Waals surface area (Å²) in [5, 5.41) is 2.31. The highest BCUT2D eigenvalue weighted by Crippen LogP contribution is 2.41. The Hall–Kier alpha value is -2.55. The van der Waals surface area contributed by atoms with Crippen LogP contribution in [0.1, 0.15) is 41.0 Å². The van der Waals surface area contributed by atoms with Crippen molar-refractivity contribution in [1.29, 1.82) is 0 Å². The third-order valence-corrected chi connectivity index (χ3v) is 6.36. The van der Waals surface area contributed by atoms with E-state index in [0.717, 1.165) is 7.11 Å². The molecule has 2 aromatic rings. The number of nitrogens with zero attached hydrogens (tertiary/aromatic N) is 2. The second-order valence-electron chi connectivity index (χ2n) is 5.77. The average molecular weight is 364 g/mol. The summed E-state index contributed by atoms with van der Waals surface area (Å²) < 4.78 is 35.8. The van der Waals surface area contributed by atoms with Crippen molar-refractivity contribution < 1.29 is 27.3 Å². The fraction of sp³-hybridized carbons (Fsp3) is 0.375. The summed E-state index contributed by atoms with van der Waals surface area (Å²) in [7, 11) is -2.72. The normalized spacial score (nSPS) is 18.9. The Morgan fingerprint density at radius 1 is 1.32 bits per heavy atom. The lowest BCUT2D eigenvalue weighted by Gasteiger charge is -2.19. The predicted octanol–water partition coefficient (Wildman–Crippen LogP) is 1.74. The fourth-order valence-corrected chi connectivity index (χ4v) is 4.90. The molecule has 0 bridgehead atoms. The van der Waals surface area contributed by atoms with Gasteiger partial charge in [-0.15, -0.1) is 0 Å². The minimum absolute atomic E-state index is 0.00836. The van der Waals surface area contributed by atoms with Gasteiger partial charge in [-0.2, -0.15) is 4.98 Å². The van der Waals surface area contributed by atoms with Gasteiger partial charge in [-0.05, 0) is 29.6 Å². The van der Waals surface area contributed by atoms with Crippen molar-refractivity contribution in [2.45, 2.75) is 29.4 Å². The Morgan fingerprint density at radius 3 is 2.64 bits per heavy atom. The Bertz CT molecular complexity index is 890. The number of hydrogen-bond acceptors (Lipinski definition) is 8.